The predicted octanol–water partition coefficient (Wildman–Crippen LogP) is 12.1. The van der Waals surface area contributed by atoms with Crippen molar-refractivity contribution in [3.8, 4) is 50.7 Å². The van der Waals surface area contributed by atoms with Crippen LogP contribution in [0.15, 0.2) is 170 Å². The van der Waals surface area contributed by atoms with Gasteiger partial charge in [0.05, 0.1) is 22.4 Å². The predicted molar refractivity (Wildman–Crippen MR) is 209 cm³/mol. The van der Waals surface area contributed by atoms with Gasteiger partial charge in [0, 0.05) is 33.8 Å². The van der Waals surface area contributed by atoms with Crippen LogP contribution < -0.4 is 5.32 Å². The maximum Gasteiger partial charge on any atom is 0.147 e. The van der Waals surface area contributed by atoms with Gasteiger partial charge >= 0.3 is 0 Å². The lowest BCUT2D eigenvalue weighted by Gasteiger charge is -2.23. The SMILES string of the molecule is CC(C)(C)c1ccc(Nc2ccccc2-c2nc3ccccc3n2-c2ccccc2)c(-c2cc(-c3ccccc3)cc(-c3ccccc3)n2)c1. The Kier molecular flexibility index (Phi) is 8.06. The van der Waals surface area contributed by atoms with Crippen LogP contribution in [0.2, 0.25) is 0 Å². The van der Waals surface area contributed by atoms with Crippen molar-refractivity contribution in [2.75, 3.05) is 5.32 Å². The first-order chi connectivity index (χ1) is 24.4. The van der Waals surface area contributed by atoms with Crippen molar-refractivity contribution in [3.63, 3.8) is 0 Å². The zero-order chi connectivity index (χ0) is 34.1. The van der Waals surface area contributed by atoms with E-state index in [2.05, 4.69) is 182 Å². The van der Waals surface area contributed by atoms with Crippen molar-refractivity contribution in [2.45, 2.75) is 26.2 Å². The lowest BCUT2D eigenvalue weighted by molar-refractivity contribution is 0.590. The number of para-hydroxylation sites is 4. The van der Waals surface area contributed by atoms with E-state index >= 15 is 0 Å². The Hall–Kier alpha value is -6.26. The summed E-state index contributed by atoms with van der Waals surface area (Å²) in [6, 6.07) is 59.3. The number of fused-ring (bicyclic) bond motifs is 1. The average molecular weight is 647 g/mol. The first-order valence-corrected chi connectivity index (χ1v) is 17.1. The van der Waals surface area contributed by atoms with E-state index in [1.54, 1.807) is 0 Å². The molecule has 4 heteroatoms. The molecule has 242 valence electrons. The molecule has 0 saturated carbocycles. The van der Waals surface area contributed by atoms with Gasteiger partial charge in [-0.1, -0.05) is 130 Å². The number of nitrogens with one attached hydrogen (secondary N) is 1. The third-order valence-electron chi connectivity index (χ3n) is 9.18. The van der Waals surface area contributed by atoms with Gasteiger partial charge in [0.15, 0.2) is 0 Å². The van der Waals surface area contributed by atoms with Crippen LogP contribution in [0.5, 0.6) is 0 Å². The third-order valence-corrected chi connectivity index (χ3v) is 9.18. The Morgan fingerprint density at radius 1 is 0.480 bits per heavy atom. The number of imidazole rings is 1. The van der Waals surface area contributed by atoms with Crippen molar-refractivity contribution in [1.82, 2.24) is 14.5 Å². The molecule has 0 saturated heterocycles. The lowest BCUT2D eigenvalue weighted by Crippen LogP contribution is -2.11. The van der Waals surface area contributed by atoms with Gasteiger partial charge < -0.3 is 5.32 Å². The Labute approximate surface area is 293 Å². The molecule has 8 rings (SSSR count). The highest BCUT2D eigenvalue weighted by Crippen LogP contribution is 2.40. The van der Waals surface area contributed by atoms with E-state index in [1.807, 2.05) is 18.2 Å². The van der Waals surface area contributed by atoms with Crippen molar-refractivity contribution in [2.24, 2.45) is 0 Å². The molecule has 0 aliphatic heterocycles. The summed E-state index contributed by atoms with van der Waals surface area (Å²) >= 11 is 0. The third kappa shape index (κ3) is 6.08. The normalized spacial score (nSPS) is 11.5. The minimum Gasteiger partial charge on any atom is -0.354 e. The fourth-order valence-corrected chi connectivity index (χ4v) is 6.53. The van der Waals surface area contributed by atoms with Crippen LogP contribution in [-0.2, 0) is 5.41 Å². The standard InChI is InChI=1S/C46H38N4/c1-46(2,3)35-27-28-40(38(31-35)43-30-34(32-17-7-4-8-18-32)29-42(48-43)33-19-9-5-10-20-33)47-39-24-14-13-23-37(39)45-49-41-25-15-16-26-44(41)50(45)36-21-11-6-12-22-36/h4-31,47H,1-3H3. The molecule has 0 spiro atoms. The van der Waals surface area contributed by atoms with E-state index in [4.69, 9.17) is 9.97 Å². The van der Waals surface area contributed by atoms with Crippen molar-refractivity contribution < 1.29 is 0 Å². The van der Waals surface area contributed by atoms with Crippen LogP contribution in [0.1, 0.15) is 26.3 Å². The van der Waals surface area contributed by atoms with Gasteiger partial charge in [-0.3, -0.25) is 4.57 Å². The first-order valence-electron chi connectivity index (χ1n) is 17.1. The van der Waals surface area contributed by atoms with Gasteiger partial charge in [-0.05, 0) is 82.8 Å². The van der Waals surface area contributed by atoms with Crippen LogP contribution in [0, 0.1) is 0 Å². The van der Waals surface area contributed by atoms with Crippen LogP contribution in [0.3, 0.4) is 0 Å². The summed E-state index contributed by atoms with van der Waals surface area (Å²) < 4.78 is 2.25. The second-order valence-electron chi connectivity index (χ2n) is 13.6. The van der Waals surface area contributed by atoms with Gasteiger partial charge in [0.1, 0.15) is 5.82 Å². The Morgan fingerprint density at radius 2 is 1.08 bits per heavy atom. The molecule has 8 aromatic rings. The number of anilines is 2. The number of rotatable bonds is 7. The molecule has 2 aromatic heterocycles. The topological polar surface area (TPSA) is 42.7 Å². The summed E-state index contributed by atoms with van der Waals surface area (Å²) in [5.74, 6) is 0.879. The fourth-order valence-electron chi connectivity index (χ4n) is 6.53. The summed E-state index contributed by atoms with van der Waals surface area (Å²) in [4.78, 5) is 10.5. The van der Waals surface area contributed by atoms with E-state index in [-0.39, 0.29) is 5.41 Å². The summed E-state index contributed by atoms with van der Waals surface area (Å²) in [5.41, 5.74) is 13.5. The molecule has 0 radical (unpaired) electrons. The number of pyridine rings is 1. The second kappa shape index (κ2) is 13.0. The van der Waals surface area contributed by atoms with Crippen LogP contribution in [-0.4, -0.2) is 14.5 Å². The molecular formula is C46H38N4. The number of hydrogen-bond donors (Lipinski definition) is 1. The molecule has 0 unspecified atom stereocenters. The number of benzene rings is 6. The maximum absolute atomic E-state index is 5.33. The van der Waals surface area contributed by atoms with Crippen molar-refractivity contribution >= 4 is 22.4 Å². The summed E-state index contributed by atoms with van der Waals surface area (Å²) in [6.07, 6.45) is 0. The molecule has 0 bridgehead atoms. The fraction of sp³-hybridized carbons (Fsp3) is 0.0870. The van der Waals surface area contributed by atoms with Crippen molar-refractivity contribution in [1.29, 1.82) is 0 Å². The Bertz CT molecular complexity index is 2360. The zero-order valence-corrected chi connectivity index (χ0v) is 28.5. The van der Waals surface area contributed by atoms with Gasteiger partial charge in [0.25, 0.3) is 0 Å². The van der Waals surface area contributed by atoms with Crippen LogP contribution >= 0.6 is 0 Å². The number of hydrogen-bond acceptors (Lipinski definition) is 3. The molecule has 0 amide bonds. The molecular weight excluding hydrogens is 609 g/mol. The highest BCUT2D eigenvalue weighted by Gasteiger charge is 2.21. The largest absolute Gasteiger partial charge is 0.354 e. The summed E-state index contributed by atoms with van der Waals surface area (Å²) in [7, 11) is 0. The Morgan fingerprint density at radius 3 is 1.82 bits per heavy atom. The summed E-state index contributed by atoms with van der Waals surface area (Å²) in [6.45, 7) is 6.77. The maximum atomic E-state index is 5.33. The average Bonchev–Trinajstić information content (AvgIpc) is 3.55. The first kappa shape index (κ1) is 31.0. The van der Waals surface area contributed by atoms with Crippen molar-refractivity contribution in [3.05, 3.63) is 175 Å². The molecule has 0 fully saturated rings. The summed E-state index contributed by atoms with van der Waals surface area (Å²) in [5, 5.41) is 3.86. The van der Waals surface area contributed by atoms with Gasteiger partial charge in [-0.15, -0.1) is 0 Å². The molecule has 0 atom stereocenters. The highest BCUT2D eigenvalue weighted by atomic mass is 15.1. The number of nitrogens with zero attached hydrogens (tertiary/aromatic N) is 3. The minimum absolute atomic E-state index is 0.0506. The molecule has 4 nitrogen and oxygen atoms in total. The Balaban J connectivity index is 1.31. The van der Waals surface area contributed by atoms with Gasteiger partial charge in [0.2, 0.25) is 0 Å². The second-order valence-corrected chi connectivity index (χ2v) is 13.6. The van der Waals surface area contributed by atoms with Crippen LogP contribution in [0.4, 0.5) is 11.4 Å². The monoisotopic (exact) mass is 646 g/mol. The molecule has 1 N–H and O–H groups in total. The quantitative estimate of drug-likeness (QED) is 0.187. The smallest absolute Gasteiger partial charge is 0.147 e. The van der Waals surface area contributed by atoms with E-state index in [0.717, 1.165) is 73.1 Å². The minimum atomic E-state index is -0.0506. The molecule has 50 heavy (non-hydrogen) atoms. The van der Waals surface area contributed by atoms with E-state index in [9.17, 15) is 0 Å². The van der Waals surface area contributed by atoms with E-state index in [0.29, 0.717) is 0 Å². The molecule has 0 aliphatic carbocycles. The zero-order valence-electron chi connectivity index (χ0n) is 28.5. The van der Waals surface area contributed by atoms with Gasteiger partial charge in [-0.25, -0.2) is 9.97 Å². The van der Waals surface area contributed by atoms with E-state index < -0.39 is 0 Å². The lowest BCUT2D eigenvalue weighted by atomic mass is 9.85. The number of aromatic nitrogens is 3. The van der Waals surface area contributed by atoms with E-state index in [1.165, 1.54) is 5.56 Å². The van der Waals surface area contributed by atoms with Crippen LogP contribution in [0.25, 0.3) is 61.8 Å². The van der Waals surface area contributed by atoms with Gasteiger partial charge in [-0.2, -0.15) is 0 Å². The highest BCUT2D eigenvalue weighted by molar-refractivity contribution is 5.90. The molecule has 0 aliphatic rings. The molecule has 2 heterocycles. The molecule has 6 aromatic carbocycles.